The lowest BCUT2D eigenvalue weighted by Gasteiger charge is -2.27. The van der Waals surface area contributed by atoms with Gasteiger partial charge in [0.15, 0.2) is 0 Å². The first-order valence-electron chi connectivity index (χ1n) is 9.12. The molecule has 2 aliphatic heterocycles. The normalized spacial score (nSPS) is 17.1. The largest absolute Gasteiger partial charge is 0.370 e. The van der Waals surface area contributed by atoms with Gasteiger partial charge in [-0.3, -0.25) is 14.4 Å². The van der Waals surface area contributed by atoms with Gasteiger partial charge in [0.1, 0.15) is 0 Å². The summed E-state index contributed by atoms with van der Waals surface area (Å²) in [4.78, 5) is 40.6. The van der Waals surface area contributed by atoms with Crippen molar-refractivity contribution in [3.8, 4) is 11.1 Å². The molecule has 2 amide bonds. The molecular weight excluding hydrogens is 346 g/mol. The molecule has 2 N–H and O–H groups in total. The van der Waals surface area contributed by atoms with Gasteiger partial charge in [-0.1, -0.05) is 12.1 Å². The van der Waals surface area contributed by atoms with Gasteiger partial charge in [-0.25, -0.2) is 5.10 Å². The van der Waals surface area contributed by atoms with E-state index in [0.717, 1.165) is 31.6 Å². The van der Waals surface area contributed by atoms with Gasteiger partial charge in [0.05, 0.1) is 24.0 Å². The average Bonchev–Trinajstić information content (AvgIpc) is 3.22. The first-order valence-corrected chi connectivity index (χ1v) is 9.12. The number of carbonyl (C=O) groups is 2. The van der Waals surface area contributed by atoms with Crippen molar-refractivity contribution in [2.75, 3.05) is 37.6 Å². The van der Waals surface area contributed by atoms with Crippen LogP contribution in [0.4, 0.5) is 5.69 Å². The van der Waals surface area contributed by atoms with Crippen LogP contribution < -0.4 is 15.8 Å². The molecule has 1 aromatic heterocycles. The van der Waals surface area contributed by atoms with Crippen molar-refractivity contribution in [1.29, 1.82) is 0 Å². The van der Waals surface area contributed by atoms with E-state index in [2.05, 4.69) is 20.4 Å². The first kappa shape index (κ1) is 17.3. The van der Waals surface area contributed by atoms with Crippen molar-refractivity contribution in [3.05, 3.63) is 46.4 Å². The second kappa shape index (κ2) is 7.22. The molecule has 8 nitrogen and oxygen atoms in total. The standard InChI is InChI=1S/C19H21N5O3/c25-16-12-24(9-6-20-16)19(27)14-5-3-4-13(10-14)17-15(11-21-22-18(17)26)23-7-1-2-8-23/h3-5,10-11H,1-2,6-9,12H2,(H,20,25)(H,22,26). The fourth-order valence-electron chi connectivity index (χ4n) is 3.67. The van der Waals surface area contributed by atoms with Crippen LogP contribution in [0, 0.1) is 0 Å². The Hall–Kier alpha value is -3.16. The second-order valence-corrected chi connectivity index (χ2v) is 6.81. The molecule has 0 spiro atoms. The molecule has 2 aliphatic rings. The van der Waals surface area contributed by atoms with Gasteiger partial charge in [0.2, 0.25) is 5.91 Å². The van der Waals surface area contributed by atoms with E-state index in [1.165, 1.54) is 4.90 Å². The Morgan fingerprint density at radius 2 is 1.93 bits per heavy atom. The Morgan fingerprint density at radius 3 is 2.70 bits per heavy atom. The minimum absolute atomic E-state index is 0.0535. The minimum atomic E-state index is -0.277. The first-order chi connectivity index (χ1) is 13.1. The highest BCUT2D eigenvalue weighted by molar-refractivity contribution is 5.98. The van der Waals surface area contributed by atoms with Crippen molar-refractivity contribution in [3.63, 3.8) is 0 Å². The molecule has 0 radical (unpaired) electrons. The molecule has 1 aromatic carbocycles. The van der Waals surface area contributed by atoms with Crippen LogP contribution in [-0.4, -0.2) is 59.6 Å². The maximum absolute atomic E-state index is 12.8. The van der Waals surface area contributed by atoms with Gasteiger partial charge in [0, 0.05) is 31.7 Å². The van der Waals surface area contributed by atoms with Gasteiger partial charge in [0.25, 0.3) is 11.5 Å². The third-order valence-electron chi connectivity index (χ3n) is 5.01. The van der Waals surface area contributed by atoms with Crippen molar-refractivity contribution < 1.29 is 9.59 Å². The number of aromatic amines is 1. The predicted molar refractivity (Wildman–Crippen MR) is 101 cm³/mol. The number of H-pyrrole nitrogens is 1. The fraction of sp³-hybridized carbons (Fsp3) is 0.368. The number of piperazine rings is 1. The van der Waals surface area contributed by atoms with E-state index < -0.39 is 0 Å². The predicted octanol–water partition coefficient (Wildman–Crippen LogP) is 0.609. The van der Waals surface area contributed by atoms with E-state index >= 15 is 0 Å². The molecule has 27 heavy (non-hydrogen) atoms. The van der Waals surface area contributed by atoms with E-state index in [-0.39, 0.29) is 23.9 Å². The van der Waals surface area contributed by atoms with Crippen LogP contribution in [0.15, 0.2) is 35.3 Å². The summed E-state index contributed by atoms with van der Waals surface area (Å²) >= 11 is 0. The van der Waals surface area contributed by atoms with E-state index in [1.54, 1.807) is 24.4 Å². The lowest BCUT2D eigenvalue weighted by atomic mass is 10.0. The average molecular weight is 367 g/mol. The number of hydrogen-bond acceptors (Lipinski definition) is 5. The second-order valence-electron chi connectivity index (χ2n) is 6.81. The number of benzene rings is 1. The van der Waals surface area contributed by atoms with Crippen LogP contribution in [0.3, 0.4) is 0 Å². The summed E-state index contributed by atoms with van der Waals surface area (Å²) in [7, 11) is 0. The minimum Gasteiger partial charge on any atom is -0.370 e. The van der Waals surface area contributed by atoms with Crippen LogP contribution in [-0.2, 0) is 4.79 Å². The summed E-state index contributed by atoms with van der Waals surface area (Å²) in [5.41, 5.74) is 2.18. The summed E-state index contributed by atoms with van der Waals surface area (Å²) in [5.74, 6) is -0.368. The zero-order chi connectivity index (χ0) is 18.8. The highest BCUT2D eigenvalue weighted by atomic mass is 16.2. The van der Waals surface area contributed by atoms with Crippen LogP contribution >= 0.6 is 0 Å². The summed E-state index contributed by atoms with van der Waals surface area (Å²) in [6, 6.07) is 7.02. The van der Waals surface area contributed by atoms with E-state index in [1.807, 2.05) is 6.07 Å². The fourth-order valence-corrected chi connectivity index (χ4v) is 3.67. The van der Waals surface area contributed by atoms with Crippen LogP contribution in [0.1, 0.15) is 23.2 Å². The van der Waals surface area contributed by atoms with Gasteiger partial charge in [-0.15, -0.1) is 0 Å². The molecule has 0 aliphatic carbocycles. The maximum atomic E-state index is 12.8. The molecule has 0 bridgehead atoms. The Morgan fingerprint density at radius 1 is 1.11 bits per heavy atom. The molecule has 2 fully saturated rings. The van der Waals surface area contributed by atoms with Crippen LogP contribution in [0.25, 0.3) is 11.1 Å². The third-order valence-corrected chi connectivity index (χ3v) is 5.01. The topological polar surface area (TPSA) is 98.4 Å². The molecule has 0 atom stereocenters. The number of aromatic nitrogens is 2. The van der Waals surface area contributed by atoms with E-state index in [0.29, 0.717) is 29.8 Å². The zero-order valence-corrected chi connectivity index (χ0v) is 14.9. The molecule has 3 heterocycles. The number of nitrogens with zero attached hydrogens (tertiary/aromatic N) is 3. The monoisotopic (exact) mass is 367 g/mol. The molecule has 4 rings (SSSR count). The number of hydrogen-bond donors (Lipinski definition) is 2. The number of nitrogens with one attached hydrogen (secondary N) is 2. The Bertz CT molecular complexity index is 933. The van der Waals surface area contributed by atoms with Crippen molar-refractivity contribution in [2.24, 2.45) is 0 Å². The van der Waals surface area contributed by atoms with Crippen molar-refractivity contribution in [1.82, 2.24) is 20.4 Å². The quantitative estimate of drug-likeness (QED) is 0.828. The number of carbonyl (C=O) groups excluding carboxylic acids is 2. The Balaban J connectivity index is 1.70. The highest BCUT2D eigenvalue weighted by Crippen LogP contribution is 2.29. The summed E-state index contributed by atoms with van der Waals surface area (Å²) in [6.45, 7) is 2.76. The Kier molecular flexibility index (Phi) is 4.62. The number of anilines is 1. The van der Waals surface area contributed by atoms with Crippen LogP contribution in [0.5, 0.6) is 0 Å². The summed E-state index contributed by atoms with van der Waals surface area (Å²) in [5, 5.41) is 9.17. The highest BCUT2D eigenvalue weighted by Gasteiger charge is 2.24. The van der Waals surface area contributed by atoms with Gasteiger partial charge < -0.3 is 15.1 Å². The molecular formula is C19H21N5O3. The molecule has 8 heteroatoms. The smallest absolute Gasteiger partial charge is 0.274 e. The lowest BCUT2D eigenvalue weighted by Crippen LogP contribution is -2.49. The molecule has 0 saturated carbocycles. The summed E-state index contributed by atoms with van der Waals surface area (Å²) in [6.07, 6.45) is 3.84. The SMILES string of the molecule is O=C1CN(C(=O)c2cccc(-c3c(N4CCCC4)cn[nH]c3=O)c2)CCN1. The maximum Gasteiger partial charge on any atom is 0.274 e. The van der Waals surface area contributed by atoms with Gasteiger partial charge >= 0.3 is 0 Å². The van der Waals surface area contributed by atoms with Crippen LogP contribution in [0.2, 0.25) is 0 Å². The molecule has 2 aromatic rings. The lowest BCUT2D eigenvalue weighted by molar-refractivity contribution is -0.123. The Labute approximate surface area is 156 Å². The molecule has 0 unspecified atom stereocenters. The molecule has 140 valence electrons. The summed E-state index contributed by atoms with van der Waals surface area (Å²) < 4.78 is 0. The van der Waals surface area contributed by atoms with Gasteiger partial charge in [-0.05, 0) is 30.5 Å². The van der Waals surface area contributed by atoms with E-state index in [9.17, 15) is 14.4 Å². The number of amides is 2. The van der Waals surface area contributed by atoms with Crippen molar-refractivity contribution >= 4 is 17.5 Å². The third kappa shape index (κ3) is 3.42. The zero-order valence-electron chi connectivity index (χ0n) is 14.9. The number of rotatable bonds is 3. The van der Waals surface area contributed by atoms with Crippen molar-refractivity contribution in [2.45, 2.75) is 12.8 Å². The van der Waals surface area contributed by atoms with Gasteiger partial charge in [-0.2, -0.15) is 5.10 Å². The molecule has 2 saturated heterocycles. The van der Waals surface area contributed by atoms with E-state index in [4.69, 9.17) is 0 Å².